The maximum atomic E-state index is 12.7. The van der Waals surface area contributed by atoms with Crippen molar-refractivity contribution in [3.8, 4) is 17.2 Å². The van der Waals surface area contributed by atoms with Crippen molar-refractivity contribution >= 4 is 17.3 Å². The predicted molar refractivity (Wildman–Crippen MR) is 128 cm³/mol. The number of nitrogens with one attached hydrogen (secondary N) is 1. The van der Waals surface area contributed by atoms with E-state index in [1.165, 1.54) is 5.56 Å². The quantitative estimate of drug-likeness (QED) is 0.595. The van der Waals surface area contributed by atoms with Crippen LogP contribution < -0.4 is 19.7 Å². The minimum atomic E-state index is -0.0457. The second-order valence-corrected chi connectivity index (χ2v) is 7.89. The van der Waals surface area contributed by atoms with E-state index in [9.17, 15) is 4.79 Å². The number of aryl methyl sites for hydroxylation is 1. The molecule has 1 aliphatic heterocycles. The molecule has 166 valence electrons. The van der Waals surface area contributed by atoms with Crippen molar-refractivity contribution in [2.75, 3.05) is 50.1 Å². The monoisotopic (exact) mass is 431 g/mol. The van der Waals surface area contributed by atoms with Gasteiger partial charge in [-0.1, -0.05) is 42.0 Å². The Morgan fingerprint density at radius 3 is 2.25 bits per heavy atom. The second-order valence-electron chi connectivity index (χ2n) is 7.89. The van der Waals surface area contributed by atoms with Crippen LogP contribution in [0, 0.1) is 6.92 Å². The van der Waals surface area contributed by atoms with Crippen LogP contribution in [0.1, 0.15) is 5.56 Å². The molecule has 0 aromatic heterocycles. The number of amides is 1. The Kier molecular flexibility index (Phi) is 6.92. The fraction of sp³-hybridized carbons (Fsp3) is 0.269. The van der Waals surface area contributed by atoms with Gasteiger partial charge < -0.3 is 19.7 Å². The van der Waals surface area contributed by atoms with E-state index in [-0.39, 0.29) is 5.91 Å². The van der Waals surface area contributed by atoms with Crippen molar-refractivity contribution in [1.29, 1.82) is 0 Å². The topological polar surface area (TPSA) is 54.0 Å². The van der Waals surface area contributed by atoms with Crippen molar-refractivity contribution in [3.05, 3.63) is 78.4 Å². The molecule has 6 nitrogen and oxygen atoms in total. The lowest BCUT2D eigenvalue weighted by Gasteiger charge is -2.36. The van der Waals surface area contributed by atoms with Crippen LogP contribution in [-0.2, 0) is 4.79 Å². The van der Waals surface area contributed by atoms with Gasteiger partial charge in [0.1, 0.15) is 11.5 Å². The molecule has 1 heterocycles. The highest BCUT2D eigenvalue weighted by Gasteiger charge is 2.21. The Morgan fingerprint density at radius 2 is 1.53 bits per heavy atom. The van der Waals surface area contributed by atoms with Crippen LogP contribution in [0.3, 0.4) is 0 Å². The van der Waals surface area contributed by atoms with Crippen molar-refractivity contribution in [3.63, 3.8) is 0 Å². The molecule has 0 bridgehead atoms. The number of carbonyl (C=O) groups excluding carboxylic acids is 1. The summed E-state index contributed by atoms with van der Waals surface area (Å²) in [6, 6.07) is 23.4. The number of methoxy groups -OCH3 is 1. The van der Waals surface area contributed by atoms with Gasteiger partial charge in [0.25, 0.3) is 0 Å². The third-order valence-electron chi connectivity index (χ3n) is 5.58. The maximum Gasteiger partial charge on any atom is 0.238 e. The van der Waals surface area contributed by atoms with Crippen molar-refractivity contribution < 1.29 is 14.3 Å². The lowest BCUT2D eigenvalue weighted by molar-refractivity contribution is -0.117. The largest absolute Gasteiger partial charge is 0.495 e. The van der Waals surface area contributed by atoms with Gasteiger partial charge in [-0.05, 0) is 43.3 Å². The number of anilines is 2. The molecule has 0 spiro atoms. The molecule has 0 aliphatic carbocycles. The highest BCUT2D eigenvalue weighted by molar-refractivity contribution is 5.93. The molecule has 6 heteroatoms. The van der Waals surface area contributed by atoms with Gasteiger partial charge in [-0.3, -0.25) is 9.69 Å². The lowest BCUT2D eigenvalue weighted by Crippen LogP contribution is -2.48. The van der Waals surface area contributed by atoms with Gasteiger partial charge in [-0.25, -0.2) is 0 Å². The van der Waals surface area contributed by atoms with Crippen LogP contribution in [0.2, 0.25) is 0 Å². The van der Waals surface area contributed by atoms with Crippen molar-refractivity contribution in [1.82, 2.24) is 4.90 Å². The molecule has 0 atom stereocenters. The number of piperazine rings is 1. The Morgan fingerprint density at radius 1 is 0.875 bits per heavy atom. The first kappa shape index (κ1) is 21.7. The zero-order valence-corrected chi connectivity index (χ0v) is 18.6. The summed E-state index contributed by atoms with van der Waals surface area (Å²) in [5.41, 5.74) is 2.94. The van der Waals surface area contributed by atoms with Gasteiger partial charge in [0.2, 0.25) is 5.91 Å². The summed E-state index contributed by atoms with van der Waals surface area (Å²) in [5.74, 6) is 2.20. The zero-order chi connectivity index (χ0) is 22.3. The number of hydrogen-bond donors (Lipinski definition) is 1. The van der Waals surface area contributed by atoms with E-state index in [0.29, 0.717) is 18.0 Å². The van der Waals surface area contributed by atoms with Gasteiger partial charge in [0, 0.05) is 26.2 Å². The minimum Gasteiger partial charge on any atom is -0.495 e. The normalized spacial score (nSPS) is 14.1. The minimum absolute atomic E-state index is 0.0457. The van der Waals surface area contributed by atoms with E-state index < -0.39 is 0 Å². The highest BCUT2D eigenvalue weighted by atomic mass is 16.5. The van der Waals surface area contributed by atoms with E-state index in [1.807, 2.05) is 73.7 Å². The SMILES string of the molecule is COc1ccccc1N1CCN(CC(=O)Nc2ccccc2Oc2ccc(C)cc2)CC1. The Balaban J connectivity index is 1.32. The number of carbonyl (C=O) groups is 1. The summed E-state index contributed by atoms with van der Waals surface area (Å²) in [5, 5.41) is 3.01. The molecule has 1 aliphatic rings. The fourth-order valence-corrected chi connectivity index (χ4v) is 3.82. The first-order valence-electron chi connectivity index (χ1n) is 10.9. The molecule has 4 rings (SSSR count). The smallest absolute Gasteiger partial charge is 0.238 e. The molecule has 0 radical (unpaired) electrons. The van der Waals surface area contributed by atoms with Gasteiger partial charge in [0.15, 0.2) is 5.75 Å². The first-order chi connectivity index (χ1) is 15.6. The summed E-state index contributed by atoms with van der Waals surface area (Å²) in [7, 11) is 1.69. The first-order valence-corrected chi connectivity index (χ1v) is 10.9. The van der Waals surface area contributed by atoms with E-state index in [4.69, 9.17) is 9.47 Å². The molecule has 1 saturated heterocycles. The van der Waals surface area contributed by atoms with Gasteiger partial charge in [0.05, 0.1) is 25.0 Å². The average Bonchev–Trinajstić information content (AvgIpc) is 2.82. The predicted octanol–water partition coefficient (Wildman–Crippen LogP) is 4.56. The lowest BCUT2D eigenvalue weighted by atomic mass is 10.2. The molecule has 32 heavy (non-hydrogen) atoms. The average molecular weight is 432 g/mol. The van der Waals surface area contributed by atoms with Crippen LogP contribution in [0.15, 0.2) is 72.8 Å². The number of para-hydroxylation sites is 4. The molecule has 3 aromatic carbocycles. The van der Waals surface area contributed by atoms with Crippen molar-refractivity contribution in [2.45, 2.75) is 6.92 Å². The summed E-state index contributed by atoms with van der Waals surface area (Å²) in [6.45, 7) is 5.70. The molecule has 0 saturated carbocycles. The number of rotatable bonds is 7. The molecule has 0 unspecified atom stereocenters. The van der Waals surface area contributed by atoms with Crippen LogP contribution in [-0.4, -0.2) is 50.6 Å². The number of nitrogens with zero attached hydrogens (tertiary/aromatic N) is 2. The van der Waals surface area contributed by atoms with Crippen molar-refractivity contribution in [2.24, 2.45) is 0 Å². The molecular weight excluding hydrogens is 402 g/mol. The Labute approximate surface area is 189 Å². The Hall–Kier alpha value is -3.51. The fourth-order valence-electron chi connectivity index (χ4n) is 3.82. The number of ether oxygens (including phenoxy) is 2. The molecule has 3 aromatic rings. The standard InChI is InChI=1S/C26H29N3O3/c1-20-11-13-21(14-12-20)32-24-9-5-3-7-22(24)27-26(30)19-28-15-17-29(18-16-28)23-8-4-6-10-25(23)31-2/h3-14H,15-19H2,1-2H3,(H,27,30). The molecule has 1 N–H and O–H groups in total. The van der Waals surface area contributed by atoms with E-state index in [0.717, 1.165) is 43.4 Å². The van der Waals surface area contributed by atoms with E-state index in [2.05, 4.69) is 21.2 Å². The Bertz CT molecular complexity index is 1040. The van der Waals surface area contributed by atoms with E-state index >= 15 is 0 Å². The van der Waals surface area contributed by atoms with Gasteiger partial charge in [-0.15, -0.1) is 0 Å². The van der Waals surface area contributed by atoms with Crippen LogP contribution in [0.25, 0.3) is 0 Å². The highest BCUT2D eigenvalue weighted by Crippen LogP contribution is 2.30. The van der Waals surface area contributed by atoms with Crippen LogP contribution >= 0.6 is 0 Å². The summed E-state index contributed by atoms with van der Waals surface area (Å²) in [4.78, 5) is 17.2. The summed E-state index contributed by atoms with van der Waals surface area (Å²) < 4.78 is 11.5. The molecular formula is C26H29N3O3. The van der Waals surface area contributed by atoms with Gasteiger partial charge in [-0.2, -0.15) is 0 Å². The van der Waals surface area contributed by atoms with Crippen LogP contribution in [0.4, 0.5) is 11.4 Å². The summed E-state index contributed by atoms with van der Waals surface area (Å²) >= 11 is 0. The summed E-state index contributed by atoms with van der Waals surface area (Å²) in [6.07, 6.45) is 0. The van der Waals surface area contributed by atoms with Gasteiger partial charge >= 0.3 is 0 Å². The van der Waals surface area contributed by atoms with Crippen LogP contribution in [0.5, 0.6) is 17.2 Å². The second kappa shape index (κ2) is 10.2. The zero-order valence-electron chi connectivity index (χ0n) is 18.6. The van der Waals surface area contributed by atoms with E-state index in [1.54, 1.807) is 7.11 Å². The number of hydrogen-bond acceptors (Lipinski definition) is 5. The third-order valence-corrected chi connectivity index (χ3v) is 5.58. The molecule has 1 amide bonds. The maximum absolute atomic E-state index is 12.7. The third kappa shape index (κ3) is 5.39. The number of benzene rings is 3. The molecule has 1 fully saturated rings.